The van der Waals surface area contributed by atoms with Crippen LogP contribution in [0.4, 0.5) is 21.6 Å². The number of carbonyl (C=O) groups excluding carboxylic acids is 1. The summed E-state index contributed by atoms with van der Waals surface area (Å²) in [6.45, 7) is 4.75. The first-order valence-electron chi connectivity index (χ1n) is 14.1. The predicted octanol–water partition coefficient (Wildman–Crippen LogP) is 4.94. The van der Waals surface area contributed by atoms with Gasteiger partial charge in [-0.1, -0.05) is 18.2 Å². The maximum atomic E-state index is 14.1. The number of halogens is 1. The van der Waals surface area contributed by atoms with Gasteiger partial charge < -0.3 is 10.6 Å². The molecule has 1 amide bonds. The molecule has 206 valence electrons. The van der Waals surface area contributed by atoms with Crippen LogP contribution in [0.1, 0.15) is 34.5 Å². The van der Waals surface area contributed by atoms with Gasteiger partial charge in [-0.25, -0.2) is 9.07 Å². The van der Waals surface area contributed by atoms with Crippen molar-refractivity contribution < 1.29 is 9.18 Å². The molecule has 1 aromatic heterocycles. The molecular formula is C32H35FN6O. The summed E-state index contributed by atoms with van der Waals surface area (Å²) >= 11 is 0. The summed E-state index contributed by atoms with van der Waals surface area (Å²) < 4.78 is 15.4. The molecular weight excluding hydrogens is 503 g/mol. The van der Waals surface area contributed by atoms with E-state index in [0.29, 0.717) is 17.8 Å². The third-order valence-corrected chi connectivity index (χ3v) is 7.99. The zero-order valence-electron chi connectivity index (χ0n) is 22.7. The highest BCUT2D eigenvalue weighted by molar-refractivity contribution is 6.06. The molecule has 0 unspecified atom stereocenters. The second-order valence-electron chi connectivity index (χ2n) is 10.6. The number of nitrogens with zero attached hydrogens (tertiary/aromatic N) is 5. The third-order valence-electron chi connectivity index (χ3n) is 7.99. The summed E-state index contributed by atoms with van der Waals surface area (Å²) in [6.07, 6.45) is 4.05. The molecule has 0 radical (unpaired) electrons. The summed E-state index contributed by atoms with van der Waals surface area (Å²) in [5, 5.41) is 5.03. The lowest BCUT2D eigenvalue weighted by atomic mass is 9.97. The fourth-order valence-corrected chi connectivity index (χ4v) is 5.77. The van der Waals surface area contributed by atoms with Gasteiger partial charge in [0.1, 0.15) is 11.6 Å². The topological polar surface area (TPSA) is 70.6 Å². The maximum absolute atomic E-state index is 14.1. The number of aromatic nitrogens is 2. The van der Waals surface area contributed by atoms with E-state index < -0.39 is 0 Å². The molecule has 4 aromatic rings. The van der Waals surface area contributed by atoms with Crippen molar-refractivity contribution in [3.05, 3.63) is 102 Å². The van der Waals surface area contributed by atoms with Gasteiger partial charge in [0, 0.05) is 61.8 Å². The lowest BCUT2D eigenvalue weighted by Crippen LogP contribution is -2.49. The molecule has 7 nitrogen and oxygen atoms in total. The Kier molecular flexibility index (Phi) is 7.51. The molecule has 0 saturated carbocycles. The minimum absolute atomic E-state index is 0.0459. The molecule has 2 N–H and O–H groups in total. The lowest BCUT2D eigenvalue weighted by molar-refractivity contribution is 0.0981. The molecule has 0 bridgehead atoms. The standard InChI is InChI=1S/C32H35FN6O/c33-25-12-16-27(17-13-25)37-21-18-36(19-22-37)20-23-38(32(40)24-10-14-26(34)15-11-24)31-29-8-4-5-9-30(29)35-39(31)28-6-2-1-3-7-28/h1-3,6-7,10-17H,4-5,8-9,18-23,34H2. The van der Waals surface area contributed by atoms with Crippen molar-refractivity contribution >= 4 is 23.1 Å². The minimum atomic E-state index is -0.217. The van der Waals surface area contributed by atoms with E-state index in [1.165, 1.54) is 17.7 Å². The van der Waals surface area contributed by atoms with Gasteiger partial charge >= 0.3 is 0 Å². The van der Waals surface area contributed by atoms with Crippen LogP contribution in [-0.4, -0.2) is 59.9 Å². The van der Waals surface area contributed by atoms with E-state index in [4.69, 9.17) is 10.8 Å². The van der Waals surface area contributed by atoms with Gasteiger partial charge in [0.05, 0.1) is 11.4 Å². The number of para-hydroxylation sites is 1. The second kappa shape index (κ2) is 11.5. The summed E-state index contributed by atoms with van der Waals surface area (Å²) in [4.78, 5) is 20.8. The van der Waals surface area contributed by atoms with Gasteiger partial charge in [-0.2, -0.15) is 5.10 Å². The maximum Gasteiger partial charge on any atom is 0.259 e. The number of benzene rings is 3. The van der Waals surface area contributed by atoms with Gasteiger partial charge in [-0.15, -0.1) is 0 Å². The smallest absolute Gasteiger partial charge is 0.259 e. The highest BCUT2D eigenvalue weighted by Crippen LogP contribution is 2.34. The van der Waals surface area contributed by atoms with Crippen LogP contribution in [0.2, 0.25) is 0 Å². The van der Waals surface area contributed by atoms with Gasteiger partial charge in [0.15, 0.2) is 0 Å². The second-order valence-corrected chi connectivity index (χ2v) is 10.6. The number of aryl methyl sites for hydroxylation is 1. The van der Waals surface area contributed by atoms with Crippen LogP contribution in [-0.2, 0) is 12.8 Å². The average Bonchev–Trinajstić information content (AvgIpc) is 3.38. The minimum Gasteiger partial charge on any atom is -0.399 e. The van der Waals surface area contributed by atoms with Gasteiger partial charge in [0.25, 0.3) is 5.91 Å². The summed E-state index contributed by atoms with van der Waals surface area (Å²) in [6, 6.07) is 24.0. The molecule has 8 heteroatoms. The van der Waals surface area contributed by atoms with E-state index in [2.05, 4.69) is 9.80 Å². The number of carbonyl (C=O) groups is 1. The molecule has 1 saturated heterocycles. The lowest BCUT2D eigenvalue weighted by Gasteiger charge is -2.37. The van der Waals surface area contributed by atoms with Gasteiger partial charge in [0.2, 0.25) is 0 Å². The SMILES string of the molecule is Nc1ccc(C(=O)N(CCN2CCN(c3ccc(F)cc3)CC2)c2c3c(nn2-c2ccccc2)CCCC3)cc1. The Hall–Kier alpha value is -4.17. The summed E-state index contributed by atoms with van der Waals surface area (Å²) in [7, 11) is 0. The summed E-state index contributed by atoms with van der Waals surface area (Å²) in [5.74, 6) is 0.619. The Balaban J connectivity index is 1.28. The summed E-state index contributed by atoms with van der Waals surface area (Å²) in [5.41, 5.74) is 11.4. The zero-order chi connectivity index (χ0) is 27.5. The van der Waals surface area contributed by atoms with E-state index in [9.17, 15) is 9.18 Å². The average molecular weight is 539 g/mol. The number of nitrogen functional groups attached to an aromatic ring is 1. The Morgan fingerprint density at radius 1 is 0.850 bits per heavy atom. The highest BCUT2D eigenvalue weighted by Gasteiger charge is 2.30. The molecule has 0 atom stereocenters. The van der Waals surface area contributed by atoms with E-state index in [0.717, 1.165) is 81.3 Å². The number of hydrogen-bond acceptors (Lipinski definition) is 5. The van der Waals surface area contributed by atoms with Crippen LogP contribution in [0, 0.1) is 5.82 Å². The van der Waals surface area contributed by atoms with Gasteiger partial charge in [-0.3, -0.25) is 14.6 Å². The molecule has 0 spiro atoms. The van der Waals surface area contributed by atoms with Crippen molar-refractivity contribution in [2.24, 2.45) is 0 Å². The Morgan fingerprint density at radius 2 is 1.55 bits per heavy atom. The Morgan fingerprint density at radius 3 is 2.27 bits per heavy atom. The first kappa shape index (κ1) is 26.1. The van der Waals surface area contributed by atoms with Gasteiger partial charge in [-0.05, 0) is 86.3 Å². The number of rotatable bonds is 7. The van der Waals surface area contributed by atoms with Crippen molar-refractivity contribution in [1.82, 2.24) is 14.7 Å². The molecule has 40 heavy (non-hydrogen) atoms. The van der Waals surface area contributed by atoms with Crippen LogP contribution in [0.3, 0.4) is 0 Å². The van der Waals surface area contributed by atoms with E-state index in [1.54, 1.807) is 12.1 Å². The van der Waals surface area contributed by atoms with Crippen LogP contribution >= 0.6 is 0 Å². The molecule has 1 fully saturated rings. The highest BCUT2D eigenvalue weighted by atomic mass is 19.1. The fourth-order valence-electron chi connectivity index (χ4n) is 5.77. The van der Waals surface area contributed by atoms with Crippen LogP contribution in [0.5, 0.6) is 0 Å². The predicted molar refractivity (Wildman–Crippen MR) is 158 cm³/mol. The quantitative estimate of drug-likeness (QED) is 0.338. The van der Waals surface area contributed by atoms with E-state index in [1.807, 2.05) is 64.2 Å². The first-order chi connectivity index (χ1) is 19.6. The van der Waals surface area contributed by atoms with E-state index >= 15 is 0 Å². The Labute approximate surface area is 234 Å². The van der Waals surface area contributed by atoms with Crippen LogP contribution in [0.25, 0.3) is 5.69 Å². The van der Waals surface area contributed by atoms with Crippen molar-refractivity contribution in [2.75, 3.05) is 54.8 Å². The van der Waals surface area contributed by atoms with Crippen molar-refractivity contribution in [1.29, 1.82) is 0 Å². The van der Waals surface area contributed by atoms with Crippen molar-refractivity contribution in [3.8, 4) is 5.69 Å². The molecule has 2 heterocycles. The Bertz CT molecular complexity index is 1440. The van der Waals surface area contributed by atoms with Crippen molar-refractivity contribution in [3.63, 3.8) is 0 Å². The number of amides is 1. The molecule has 2 aliphatic rings. The normalized spacial score (nSPS) is 15.6. The number of fused-ring (bicyclic) bond motifs is 1. The third kappa shape index (κ3) is 5.45. The number of anilines is 3. The largest absolute Gasteiger partial charge is 0.399 e. The number of nitrogens with two attached hydrogens (primary N) is 1. The molecule has 1 aliphatic carbocycles. The fraction of sp³-hybridized carbons (Fsp3) is 0.312. The zero-order valence-corrected chi connectivity index (χ0v) is 22.7. The molecule has 3 aromatic carbocycles. The number of hydrogen-bond donors (Lipinski definition) is 1. The van der Waals surface area contributed by atoms with E-state index in [-0.39, 0.29) is 11.7 Å². The van der Waals surface area contributed by atoms with Crippen molar-refractivity contribution in [2.45, 2.75) is 25.7 Å². The molecule has 1 aliphatic heterocycles. The van der Waals surface area contributed by atoms with Crippen LogP contribution < -0.4 is 15.5 Å². The monoisotopic (exact) mass is 538 g/mol. The van der Waals surface area contributed by atoms with Crippen LogP contribution in [0.15, 0.2) is 78.9 Å². The molecule has 6 rings (SSSR count). The first-order valence-corrected chi connectivity index (χ1v) is 14.1. The number of piperazine rings is 1.